The first-order valence-electron chi connectivity index (χ1n) is 6.24. The fourth-order valence-electron chi connectivity index (χ4n) is 2.09. The summed E-state index contributed by atoms with van der Waals surface area (Å²) in [5.74, 6) is 1.79. The lowest BCUT2D eigenvalue weighted by Crippen LogP contribution is -2.16. The van der Waals surface area contributed by atoms with Crippen LogP contribution in [0.1, 0.15) is 39.0 Å². The molecule has 2 rings (SSSR count). The van der Waals surface area contributed by atoms with Crippen molar-refractivity contribution in [3.63, 3.8) is 0 Å². The molecule has 0 spiro atoms. The van der Waals surface area contributed by atoms with Gasteiger partial charge in [0.1, 0.15) is 0 Å². The first kappa shape index (κ1) is 11.2. The Labute approximate surface area is 97.2 Å². The van der Waals surface area contributed by atoms with Crippen molar-refractivity contribution in [3.05, 3.63) is 18.3 Å². The maximum absolute atomic E-state index is 5.67. The lowest BCUT2D eigenvalue weighted by atomic mass is 10.2. The van der Waals surface area contributed by atoms with E-state index in [1.54, 1.807) is 0 Å². The van der Waals surface area contributed by atoms with Crippen LogP contribution in [-0.4, -0.2) is 17.6 Å². The van der Waals surface area contributed by atoms with Crippen molar-refractivity contribution in [3.8, 4) is 5.75 Å². The summed E-state index contributed by atoms with van der Waals surface area (Å²) >= 11 is 0. The van der Waals surface area contributed by atoms with E-state index in [0.717, 1.165) is 24.6 Å². The SMILES string of the molecule is CCCOc1cccnc1NC1CCCC1. The average molecular weight is 220 g/mol. The molecule has 0 saturated heterocycles. The van der Waals surface area contributed by atoms with Crippen LogP contribution in [0.5, 0.6) is 5.75 Å². The smallest absolute Gasteiger partial charge is 0.168 e. The van der Waals surface area contributed by atoms with Crippen molar-refractivity contribution in [1.82, 2.24) is 4.98 Å². The Morgan fingerprint density at radius 1 is 1.44 bits per heavy atom. The molecule has 0 radical (unpaired) electrons. The molecule has 0 atom stereocenters. The monoisotopic (exact) mass is 220 g/mol. The summed E-state index contributed by atoms with van der Waals surface area (Å²) < 4.78 is 5.67. The standard InChI is InChI=1S/C13H20N2O/c1-2-10-16-12-8-5-9-14-13(12)15-11-6-3-4-7-11/h5,8-9,11H,2-4,6-7,10H2,1H3,(H,14,15). The second kappa shape index (κ2) is 5.73. The molecule has 1 aliphatic carbocycles. The molecule has 1 N–H and O–H groups in total. The minimum atomic E-state index is 0.582. The fourth-order valence-corrected chi connectivity index (χ4v) is 2.09. The maximum atomic E-state index is 5.67. The Balaban J connectivity index is 2.00. The molecule has 1 saturated carbocycles. The summed E-state index contributed by atoms with van der Waals surface area (Å²) in [6.07, 6.45) is 8.01. The lowest BCUT2D eigenvalue weighted by molar-refractivity contribution is 0.317. The van der Waals surface area contributed by atoms with E-state index in [1.165, 1.54) is 25.7 Å². The van der Waals surface area contributed by atoms with Gasteiger partial charge < -0.3 is 10.1 Å². The molecule has 0 aliphatic heterocycles. The molecule has 3 heteroatoms. The molecular weight excluding hydrogens is 200 g/mol. The Kier molecular flexibility index (Phi) is 4.03. The highest BCUT2D eigenvalue weighted by atomic mass is 16.5. The minimum Gasteiger partial charge on any atom is -0.490 e. The topological polar surface area (TPSA) is 34.1 Å². The number of rotatable bonds is 5. The van der Waals surface area contributed by atoms with Gasteiger partial charge in [0.05, 0.1) is 6.61 Å². The van der Waals surface area contributed by atoms with Crippen molar-refractivity contribution >= 4 is 5.82 Å². The Morgan fingerprint density at radius 2 is 2.25 bits per heavy atom. The van der Waals surface area contributed by atoms with Gasteiger partial charge in [0, 0.05) is 12.2 Å². The summed E-state index contributed by atoms with van der Waals surface area (Å²) in [7, 11) is 0. The van der Waals surface area contributed by atoms with E-state index in [0.29, 0.717) is 6.04 Å². The highest BCUT2D eigenvalue weighted by Gasteiger charge is 2.16. The summed E-state index contributed by atoms with van der Waals surface area (Å²) in [6, 6.07) is 4.49. The molecule has 3 nitrogen and oxygen atoms in total. The predicted octanol–water partition coefficient (Wildman–Crippen LogP) is 3.22. The lowest BCUT2D eigenvalue weighted by Gasteiger charge is -2.15. The zero-order valence-electron chi connectivity index (χ0n) is 9.91. The Bertz CT molecular complexity index is 321. The number of pyridine rings is 1. The number of ether oxygens (including phenoxy) is 1. The van der Waals surface area contributed by atoms with Gasteiger partial charge in [0.15, 0.2) is 11.6 Å². The first-order chi connectivity index (χ1) is 7.90. The van der Waals surface area contributed by atoms with E-state index in [-0.39, 0.29) is 0 Å². The molecule has 1 aromatic heterocycles. The van der Waals surface area contributed by atoms with E-state index >= 15 is 0 Å². The van der Waals surface area contributed by atoms with Crippen molar-refractivity contribution in [1.29, 1.82) is 0 Å². The van der Waals surface area contributed by atoms with Gasteiger partial charge >= 0.3 is 0 Å². The van der Waals surface area contributed by atoms with Crippen LogP contribution in [-0.2, 0) is 0 Å². The zero-order chi connectivity index (χ0) is 11.2. The molecule has 88 valence electrons. The molecule has 1 aromatic rings. The van der Waals surface area contributed by atoms with Crippen LogP contribution in [0.2, 0.25) is 0 Å². The number of nitrogens with zero attached hydrogens (tertiary/aromatic N) is 1. The van der Waals surface area contributed by atoms with Crippen LogP contribution in [0.25, 0.3) is 0 Å². The van der Waals surface area contributed by atoms with Gasteiger partial charge in [-0.1, -0.05) is 19.8 Å². The summed E-state index contributed by atoms with van der Waals surface area (Å²) in [5.41, 5.74) is 0. The second-order valence-corrected chi connectivity index (χ2v) is 4.32. The molecular formula is C13H20N2O. The number of anilines is 1. The predicted molar refractivity (Wildman–Crippen MR) is 65.9 cm³/mol. The van der Waals surface area contributed by atoms with E-state index in [1.807, 2.05) is 18.3 Å². The third-order valence-electron chi connectivity index (χ3n) is 2.93. The molecule has 16 heavy (non-hydrogen) atoms. The van der Waals surface area contributed by atoms with Crippen LogP contribution >= 0.6 is 0 Å². The van der Waals surface area contributed by atoms with Crippen LogP contribution in [0.15, 0.2) is 18.3 Å². The number of hydrogen-bond acceptors (Lipinski definition) is 3. The normalized spacial score (nSPS) is 16.3. The van der Waals surface area contributed by atoms with Crippen LogP contribution in [0.3, 0.4) is 0 Å². The molecule has 1 fully saturated rings. The van der Waals surface area contributed by atoms with Gasteiger partial charge in [-0.05, 0) is 31.4 Å². The van der Waals surface area contributed by atoms with Crippen LogP contribution in [0, 0.1) is 0 Å². The van der Waals surface area contributed by atoms with Crippen LogP contribution < -0.4 is 10.1 Å². The quantitative estimate of drug-likeness (QED) is 0.827. The average Bonchev–Trinajstić information content (AvgIpc) is 2.81. The molecule has 0 unspecified atom stereocenters. The number of hydrogen-bond donors (Lipinski definition) is 1. The summed E-state index contributed by atoms with van der Waals surface area (Å²) in [6.45, 7) is 2.87. The van der Waals surface area contributed by atoms with Crippen molar-refractivity contribution < 1.29 is 4.74 Å². The van der Waals surface area contributed by atoms with E-state index in [4.69, 9.17) is 4.74 Å². The Hall–Kier alpha value is -1.25. The highest BCUT2D eigenvalue weighted by molar-refractivity contribution is 5.50. The first-order valence-corrected chi connectivity index (χ1v) is 6.24. The fraction of sp³-hybridized carbons (Fsp3) is 0.615. The third kappa shape index (κ3) is 2.87. The van der Waals surface area contributed by atoms with Gasteiger partial charge in [0.25, 0.3) is 0 Å². The molecule has 1 heterocycles. The van der Waals surface area contributed by atoms with E-state index in [9.17, 15) is 0 Å². The highest BCUT2D eigenvalue weighted by Crippen LogP contribution is 2.26. The largest absolute Gasteiger partial charge is 0.490 e. The minimum absolute atomic E-state index is 0.582. The van der Waals surface area contributed by atoms with Gasteiger partial charge in [0.2, 0.25) is 0 Å². The third-order valence-corrected chi connectivity index (χ3v) is 2.93. The maximum Gasteiger partial charge on any atom is 0.168 e. The molecule has 1 aliphatic rings. The van der Waals surface area contributed by atoms with Gasteiger partial charge in [-0.3, -0.25) is 0 Å². The molecule has 0 amide bonds. The summed E-state index contributed by atoms with van der Waals surface area (Å²) in [5, 5.41) is 3.48. The van der Waals surface area contributed by atoms with Crippen molar-refractivity contribution in [2.75, 3.05) is 11.9 Å². The molecule has 0 bridgehead atoms. The molecule has 0 aromatic carbocycles. The van der Waals surface area contributed by atoms with Gasteiger partial charge in [-0.2, -0.15) is 0 Å². The zero-order valence-corrected chi connectivity index (χ0v) is 9.91. The van der Waals surface area contributed by atoms with E-state index in [2.05, 4.69) is 17.2 Å². The van der Waals surface area contributed by atoms with Gasteiger partial charge in [-0.25, -0.2) is 4.98 Å². The van der Waals surface area contributed by atoms with Gasteiger partial charge in [-0.15, -0.1) is 0 Å². The number of nitrogens with one attached hydrogen (secondary N) is 1. The summed E-state index contributed by atoms with van der Waals surface area (Å²) in [4.78, 5) is 4.36. The van der Waals surface area contributed by atoms with Crippen LogP contribution in [0.4, 0.5) is 5.82 Å². The van der Waals surface area contributed by atoms with Crippen molar-refractivity contribution in [2.24, 2.45) is 0 Å². The number of aromatic nitrogens is 1. The van der Waals surface area contributed by atoms with Crippen molar-refractivity contribution in [2.45, 2.75) is 45.1 Å². The Morgan fingerprint density at radius 3 is 3.00 bits per heavy atom. The van der Waals surface area contributed by atoms with E-state index < -0.39 is 0 Å². The second-order valence-electron chi connectivity index (χ2n) is 4.32.